The SMILES string of the molecule is NC(=NCc1ccc(OC(F)(F)F)cc1)/N=C(\N)N1CCCC1. The van der Waals surface area contributed by atoms with E-state index < -0.39 is 6.36 Å². The molecule has 1 aliphatic rings. The lowest BCUT2D eigenvalue weighted by Gasteiger charge is -2.15. The van der Waals surface area contributed by atoms with Gasteiger partial charge in [0.25, 0.3) is 0 Å². The molecular formula is C14H18F3N5O. The lowest BCUT2D eigenvalue weighted by molar-refractivity contribution is -0.274. The largest absolute Gasteiger partial charge is 0.573 e. The summed E-state index contributed by atoms with van der Waals surface area (Å²) in [7, 11) is 0. The number of hydrogen-bond acceptors (Lipinski definition) is 2. The van der Waals surface area contributed by atoms with Crippen molar-refractivity contribution in [2.24, 2.45) is 21.5 Å². The molecule has 0 radical (unpaired) electrons. The Kier molecular flexibility index (Phi) is 5.30. The fraction of sp³-hybridized carbons (Fsp3) is 0.429. The van der Waals surface area contributed by atoms with E-state index in [1.807, 2.05) is 4.90 Å². The summed E-state index contributed by atoms with van der Waals surface area (Å²) in [4.78, 5) is 9.98. The molecule has 0 aliphatic carbocycles. The van der Waals surface area contributed by atoms with Crippen LogP contribution in [0.25, 0.3) is 0 Å². The monoisotopic (exact) mass is 329 g/mol. The standard InChI is InChI=1S/C14H18F3N5O/c15-14(16,17)23-11-5-3-10(4-6-11)9-20-12(18)21-13(19)22-7-1-2-8-22/h3-6H,1-2,7-9H2,(H4,18,19,20,21). The number of alkyl halides is 3. The fourth-order valence-electron chi connectivity index (χ4n) is 2.14. The van der Waals surface area contributed by atoms with Crippen LogP contribution in [-0.4, -0.2) is 36.3 Å². The van der Waals surface area contributed by atoms with Gasteiger partial charge in [-0.2, -0.15) is 4.99 Å². The zero-order valence-electron chi connectivity index (χ0n) is 12.4. The van der Waals surface area contributed by atoms with E-state index in [1.165, 1.54) is 24.3 Å². The fourth-order valence-corrected chi connectivity index (χ4v) is 2.14. The van der Waals surface area contributed by atoms with Gasteiger partial charge in [-0.15, -0.1) is 13.2 Å². The van der Waals surface area contributed by atoms with Gasteiger partial charge >= 0.3 is 6.36 Å². The minimum absolute atomic E-state index is 0.0324. The second-order valence-electron chi connectivity index (χ2n) is 5.03. The molecule has 9 heteroatoms. The number of halogens is 3. The molecule has 0 atom stereocenters. The van der Waals surface area contributed by atoms with Crippen LogP contribution < -0.4 is 16.2 Å². The van der Waals surface area contributed by atoms with Gasteiger partial charge in [-0.25, -0.2) is 4.99 Å². The molecule has 0 unspecified atom stereocenters. The van der Waals surface area contributed by atoms with Crippen LogP contribution in [0, 0.1) is 0 Å². The summed E-state index contributed by atoms with van der Waals surface area (Å²) in [5.74, 6) is 0.0807. The van der Waals surface area contributed by atoms with Crippen molar-refractivity contribution in [2.75, 3.05) is 13.1 Å². The van der Waals surface area contributed by atoms with Crippen LogP contribution >= 0.6 is 0 Å². The van der Waals surface area contributed by atoms with E-state index in [0.717, 1.165) is 25.9 Å². The Morgan fingerprint density at radius 2 is 1.74 bits per heavy atom. The molecule has 1 aliphatic heterocycles. The Hall–Kier alpha value is -2.45. The molecule has 1 heterocycles. The van der Waals surface area contributed by atoms with Gasteiger partial charge in [0.1, 0.15) is 5.75 Å². The quantitative estimate of drug-likeness (QED) is 0.654. The first-order chi connectivity index (χ1) is 10.8. The van der Waals surface area contributed by atoms with Gasteiger partial charge in [0, 0.05) is 13.1 Å². The number of guanidine groups is 2. The van der Waals surface area contributed by atoms with Crippen LogP contribution in [-0.2, 0) is 6.54 Å². The maximum atomic E-state index is 12.1. The zero-order valence-corrected chi connectivity index (χ0v) is 12.4. The van der Waals surface area contributed by atoms with Crippen LogP contribution in [0.1, 0.15) is 18.4 Å². The van der Waals surface area contributed by atoms with Gasteiger partial charge in [0.15, 0.2) is 5.96 Å². The summed E-state index contributed by atoms with van der Waals surface area (Å²) in [6, 6.07) is 5.39. The van der Waals surface area contributed by atoms with Crippen molar-refractivity contribution in [1.29, 1.82) is 0 Å². The zero-order chi connectivity index (χ0) is 16.9. The highest BCUT2D eigenvalue weighted by Crippen LogP contribution is 2.22. The molecular weight excluding hydrogens is 311 g/mol. The first kappa shape index (κ1) is 16.9. The van der Waals surface area contributed by atoms with Gasteiger partial charge in [0.05, 0.1) is 6.54 Å². The predicted molar refractivity (Wildman–Crippen MR) is 80.9 cm³/mol. The van der Waals surface area contributed by atoms with Gasteiger partial charge in [-0.1, -0.05) is 12.1 Å². The molecule has 6 nitrogen and oxygen atoms in total. The second-order valence-corrected chi connectivity index (χ2v) is 5.03. The second kappa shape index (κ2) is 7.21. The molecule has 1 saturated heterocycles. The minimum atomic E-state index is -4.70. The highest BCUT2D eigenvalue weighted by molar-refractivity contribution is 5.93. The van der Waals surface area contributed by atoms with Crippen molar-refractivity contribution in [3.63, 3.8) is 0 Å². The smallest absolute Gasteiger partial charge is 0.406 e. The van der Waals surface area contributed by atoms with Crippen molar-refractivity contribution in [3.05, 3.63) is 29.8 Å². The molecule has 0 aromatic heterocycles. The van der Waals surface area contributed by atoms with E-state index in [-0.39, 0.29) is 18.3 Å². The van der Waals surface area contributed by atoms with E-state index in [2.05, 4.69) is 14.7 Å². The summed E-state index contributed by atoms with van der Waals surface area (Å²) < 4.78 is 39.9. The first-order valence-corrected chi connectivity index (χ1v) is 7.07. The maximum absolute atomic E-state index is 12.1. The Morgan fingerprint density at radius 1 is 1.13 bits per heavy atom. The normalized spacial score (nSPS) is 16.7. The van der Waals surface area contributed by atoms with E-state index in [4.69, 9.17) is 11.5 Å². The molecule has 23 heavy (non-hydrogen) atoms. The summed E-state index contributed by atoms with van der Waals surface area (Å²) in [6.07, 6.45) is -2.56. The average Bonchev–Trinajstić information content (AvgIpc) is 2.99. The molecule has 0 spiro atoms. The highest BCUT2D eigenvalue weighted by Gasteiger charge is 2.30. The molecule has 126 valence electrons. The lowest BCUT2D eigenvalue weighted by atomic mass is 10.2. The van der Waals surface area contributed by atoms with Crippen LogP contribution in [0.15, 0.2) is 34.3 Å². The maximum Gasteiger partial charge on any atom is 0.573 e. The summed E-state index contributed by atoms with van der Waals surface area (Å²) in [6.45, 7) is 1.89. The number of aliphatic imine (C=N–C) groups is 2. The topological polar surface area (TPSA) is 89.2 Å². The first-order valence-electron chi connectivity index (χ1n) is 7.07. The van der Waals surface area contributed by atoms with Crippen LogP contribution in [0.3, 0.4) is 0 Å². The van der Waals surface area contributed by atoms with Crippen LogP contribution in [0.4, 0.5) is 13.2 Å². The Morgan fingerprint density at radius 3 is 2.30 bits per heavy atom. The molecule has 2 rings (SSSR count). The number of benzene rings is 1. The summed E-state index contributed by atoms with van der Waals surface area (Å²) in [5, 5.41) is 0. The number of ether oxygens (including phenoxy) is 1. The van der Waals surface area contributed by atoms with E-state index in [0.29, 0.717) is 11.5 Å². The van der Waals surface area contributed by atoms with Gasteiger partial charge in [0.2, 0.25) is 5.96 Å². The molecule has 1 fully saturated rings. The Balaban J connectivity index is 1.92. The highest BCUT2D eigenvalue weighted by atomic mass is 19.4. The average molecular weight is 329 g/mol. The number of nitrogens with zero attached hydrogens (tertiary/aromatic N) is 3. The van der Waals surface area contributed by atoms with Gasteiger partial charge < -0.3 is 21.1 Å². The Bertz CT molecular complexity index is 577. The van der Waals surface area contributed by atoms with Gasteiger partial charge in [-0.05, 0) is 30.5 Å². The van der Waals surface area contributed by atoms with Gasteiger partial charge in [-0.3, -0.25) is 0 Å². The molecule has 1 aromatic rings. The minimum Gasteiger partial charge on any atom is -0.406 e. The van der Waals surface area contributed by atoms with E-state index in [9.17, 15) is 13.2 Å². The third kappa shape index (κ3) is 5.68. The molecule has 0 amide bonds. The van der Waals surface area contributed by atoms with Crippen molar-refractivity contribution < 1.29 is 17.9 Å². The van der Waals surface area contributed by atoms with Crippen LogP contribution in [0.5, 0.6) is 5.75 Å². The molecule has 0 saturated carbocycles. The third-order valence-electron chi connectivity index (χ3n) is 3.24. The van der Waals surface area contributed by atoms with E-state index in [1.54, 1.807) is 0 Å². The molecule has 1 aromatic carbocycles. The molecule has 4 N–H and O–H groups in total. The summed E-state index contributed by atoms with van der Waals surface area (Å²) in [5.41, 5.74) is 12.2. The van der Waals surface area contributed by atoms with Crippen molar-refractivity contribution in [1.82, 2.24) is 4.90 Å². The van der Waals surface area contributed by atoms with Crippen molar-refractivity contribution in [3.8, 4) is 5.75 Å². The number of rotatable bonds is 3. The molecule has 0 bridgehead atoms. The number of likely N-dealkylation sites (tertiary alicyclic amines) is 1. The summed E-state index contributed by atoms with van der Waals surface area (Å²) >= 11 is 0. The van der Waals surface area contributed by atoms with Crippen molar-refractivity contribution >= 4 is 11.9 Å². The number of nitrogens with two attached hydrogens (primary N) is 2. The third-order valence-corrected chi connectivity index (χ3v) is 3.24. The predicted octanol–water partition coefficient (Wildman–Crippen LogP) is 1.81. The van der Waals surface area contributed by atoms with E-state index >= 15 is 0 Å². The Labute approximate surface area is 131 Å². The van der Waals surface area contributed by atoms with Crippen molar-refractivity contribution in [2.45, 2.75) is 25.7 Å². The van der Waals surface area contributed by atoms with Crippen LogP contribution in [0.2, 0.25) is 0 Å². The number of hydrogen-bond donors (Lipinski definition) is 2. The lowest BCUT2D eigenvalue weighted by Crippen LogP contribution is -2.36.